The summed E-state index contributed by atoms with van der Waals surface area (Å²) in [5, 5.41) is 6.67. The van der Waals surface area contributed by atoms with E-state index in [0.29, 0.717) is 25.6 Å². The quantitative estimate of drug-likeness (QED) is 0.886. The maximum Gasteiger partial charge on any atom is 0.224 e. The molecule has 21 heavy (non-hydrogen) atoms. The van der Waals surface area contributed by atoms with E-state index in [-0.39, 0.29) is 17.8 Å². The van der Waals surface area contributed by atoms with E-state index in [4.69, 9.17) is 0 Å². The molecule has 0 saturated carbocycles. The summed E-state index contributed by atoms with van der Waals surface area (Å²) in [5.74, 6) is -0.0758. The van der Waals surface area contributed by atoms with Crippen LogP contribution in [-0.2, 0) is 4.79 Å². The molecule has 0 radical (unpaired) electrons. The Bertz CT molecular complexity index is 502. The minimum atomic E-state index is -0.247. The number of piperazine rings is 1. The van der Waals surface area contributed by atoms with Crippen molar-refractivity contribution in [1.29, 1.82) is 0 Å². The fourth-order valence-electron chi connectivity index (χ4n) is 3.27. The SMILES string of the molecule is O=C(CC1CCCN1)N1CCNCC1c1cccc(F)c1. The number of nitrogens with one attached hydrogen (secondary N) is 2. The average molecular weight is 291 g/mol. The third kappa shape index (κ3) is 3.41. The number of nitrogens with zero attached hydrogens (tertiary/aromatic N) is 1. The molecule has 5 heteroatoms. The van der Waals surface area contributed by atoms with Gasteiger partial charge in [-0.15, -0.1) is 0 Å². The van der Waals surface area contributed by atoms with Crippen LogP contribution in [0.3, 0.4) is 0 Å². The van der Waals surface area contributed by atoms with E-state index < -0.39 is 0 Å². The second-order valence-electron chi connectivity index (χ2n) is 5.86. The maximum atomic E-state index is 13.4. The Hall–Kier alpha value is -1.46. The van der Waals surface area contributed by atoms with Gasteiger partial charge in [-0.25, -0.2) is 4.39 Å². The van der Waals surface area contributed by atoms with Gasteiger partial charge in [0.15, 0.2) is 0 Å². The van der Waals surface area contributed by atoms with Gasteiger partial charge in [0.2, 0.25) is 5.91 Å². The number of carbonyl (C=O) groups is 1. The van der Waals surface area contributed by atoms with Crippen molar-refractivity contribution < 1.29 is 9.18 Å². The van der Waals surface area contributed by atoms with Gasteiger partial charge in [-0.3, -0.25) is 4.79 Å². The van der Waals surface area contributed by atoms with Gasteiger partial charge in [0.05, 0.1) is 6.04 Å². The van der Waals surface area contributed by atoms with Gasteiger partial charge in [-0.05, 0) is 37.1 Å². The van der Waals surface area contributed by atoms with Crippen molar-refractivity contribution in [2.75, 3.05) is 26.2 Å². The molecule has 4 nitrogen and oxygen atoms in total. The zero-order valence-corrected chi connectivity index (χ0v) is 12.1. The first kappa shape index (κ1) is 14.5. The van der Waals surface area contributed by atoms with Crippen molar-refractivity contribution in [2.24, 2.45) is 0 Å². The summed E-state index contributed by atoms with van der Waals surface area (Å²) in [6.45, 7) is 3.18. The van der Waals surface area contributed by atoms with Crippen LogP contribution in [0.2, 0.25) is 0 Å². The Morgan fingerprint density at radius 2 is 2.29 bits per heavy atom. The topological polar surface area (TPSA) is 44.4 Å². The minimum absolute atomic E-state index is 0.0663. The number of carbonyl (C=O) groups excluding carboxylic acids is 1. The molecule has 2 aliphatic rings. The Labute approximate surface area is 124 Å². The van der Waals surface area contributed by atoms with Gasteiger partial charge in [-0.2, -0.15) is 0 Å². The van der Waals surface area contributed by atoms with Crippen LogP contribution in [0, 0.1) is 5.82 Å². The average Bonchev–Trinajstić information content (AvgIpc) is 3.00. The fourth-order valence-corrected chi connectivity index (χ4v) is 3.27. The lowest BCUT2D eigenvalue weighted by atomic mass is 10.0. The van der Waals surface area contributed by atoms with E-state index in [0.717, 1.165) is 31.5 Å². The van der Waals surface area contributed by atoms with E-state index in [9.17, 15) is 9.18 Å². The molecule has 0 aliphatic carbocycles. The summed E-state index contributed by atoms with van der Waals surface area (Å²) < 4.78 is 13.4. The Morgan fingerprint density at radius 3 is 3.05 bits per heavy atom. The fraction of sp³-hybridized carbons (Fsp3) is 0.562. The molecule has 2 fully saturated rings. The Balaban J connectivity index is 1.72. The predicted molar refractivity (Wildman–Crippen MR) is 79.4 cm³/mol. The molecule has 0 bridgehead atoms. The lowest BCUT2D eigenvalue weighted by Crippen LogP contribution is -2.49. The summed E-state index contributed by atoms with van der Waals surface area (Å²) in [6, 6.07) is 6.82. The number of hydrogen-bond donors (Lipinski definition) is 2. The Kier molecular flexibility index (Phi) is 4.51. The molecule has 2 N–H and O–H groups in total. The zero-order valence-electron chi connectivity index (χ0n) is 12.1. The van der Waals surface area contributed by atoms with Gasteiger partial charge in [0.25, 0.3) is 0 Å². The van der Waals surface area contributed by atoms with E-state index in [1.165, 1.54) is 12.1 Å². The van der Waals surface area contributed by atoms with Crippen molar-refractivity contribution >= 4 is 5.91 Å². The molecule has 2 saturated heterocycles. The van der Waals surface area contributed by atoms with Crippen LogP contribution in [0.4, 0.5) is 4.39 Å². The van der Waals surface area contributed by atoms with Crippen LogP contribution in [0.25, 0.3) is 0 Å². The number of benzene rings is 1. The highest BCUT2D eigenvalue weighted by Gasteiger charge is 2.30. The van der Waals surface area contributed by atoms with Crippen LogP contribution in [0.5, 0.6) is 0 Å². The minimum Gasteiger partial charge on any atom is -0.333 e. The van der Waals surface area contributed by atoms with E-state index in [1.807, 2.05) is 11.0 Å². The van der Waals surface area contributed by atoms with Crippen LogP contribution >= 0.6 is 0 Å². The first-order chi connectivity index (χ1) is 10.2. The van der Waals surface area contributed by atoms with Gasteiger partial charge in [-0.1, -0.05) is 12.1 Å². The molecular formula is C16H22FN3O. The molecule has 2 unspecified atom stereocenters. The largest absolute Gasteiger partial charge is 0.333 e. The summed E-state index contributed by atoms with van der Waals surface area (Å²) in [6.07, 6.45) is 2.76. The molecule has 0 aromatic heterocycles. The summed E-state index contributed by atoms with van der Waals surface area (Å²) in [4.78, 5) is 14.5. The monoisotopic (exact) mass is 291 g/mol. The zero-order chi connectivity index (χ0) is 14.7. The van der Waals surface area contributed by atoms with Crippen molar-refractivity contribution in [3.63, 3.8) is 0 Å². The number of rotatable bonds is 3. The van der Waals surface area contributed by atoms with Crippen LogP contribution in [0.1, 0.15) is 30.9 Å². The molecule has 3 rings (SSSR count). The molecule has 1 amide bonds. The third-order valence-corrected chi connectivity index (χ3v) is 4.38. The van der Waals surface area contributed by atoms with Crippen LogP contribution in [-0.4, -0.2) is 43.0 Å². The standard InChI is InChI=1S/C16H22FN3O/c17-13-4-1-3-12(9-13)15-11-18-7-8-20(15)16(21)10-14-5-2-6-19-14/h1,3-4,9,14-15,18-19H,2,5-8,10-11H2. The van der Waals surface area contributed by atoms with Crippen molar-refractivity contribution in [2.45, 2.75) is 31.3 Å². The lowest BCUT2D eigenvalue weighted by molar-refractivity contribution is -0.135. The molecule has 1 aromatic carbocycles. The van der Waals surface area contributed by atoms with Crippen molar-refractivity contribution in [3.05, 3.63) is 35.6 Å². The number of amides is 1. The molecule has 114 valence electrons. The van der Waals surface area contributed by atoms with E-state index in [2.05, 4.69) is 10.6 Å². The second kappa shape index (κ2) is 6.54. The normalized spacial score (nSPS) is 26.0. The van der Waals surface area contributed by atoms with E-state index >= 15 is 0 Å². The van der Waals surface area contributed by atoms with Gasteiger partial charge in [0, 0.05) is 32.1 Å². The van der Waals surface area contributed by atoms with Crippen LogP contribution < -0.4 is 10.6 Å². The number of halogens is 1. The van der Waals surface area contributed by atoms with E-state index in [1.54, 1.807) is 6.07 Å². The smallest absolute Gasteiger partial charge is 0.224 e. The predicted octanol–water partition coefficient (Wildman–Crippen LogP) is 1.44. The molecule has 2 heterocycles. The first-order valence-corrected chi connectivity index (χ1v) is 7.73. The molecular weight excluding hydrogens is 269 g/mol. The first-order valence-electron chi connectivity index (χ1n) is 7.73. The highest BCUT2D eigenvalue weighted by Crippen LogP contribution is 2.24. The summed E-state index contributed by atoms with van der Waals surface area (Å²) in [5.41, 5.74) is 0.870. The highest BCUT2D eigenvalue weighted by molar-refractivity contribution is 5.77. The third-order valence-electron chi connectivity index (χ3n) is 4.38. The summed E-state index contributed by atoms with van der Waals surface area (Å²) in [7, 11) is 0. The van der Waals surface area contributed by atoms with Gasteiger partial charge >= 0.3 is 0 Å². The molecule has 2 aliphatic heterocycles. The molecule has 2 atom stereocenters. The van der Waals surface area contributed by atoms with Crippen LogP contribution in [0.15, 0.2) is 24.3 Å². The van der Waals surface area contributed by atoms with Crippen molar-refractivity contribution in [1.82, 2.24) is 15.5 Å². The Morgan fingerprint density at radius 1 is 1.38 bits per heavy atom. The summed E-state index contributed by atoms with van der Waals surface area (Å²) >= 11 is 0. The highest BCUT2D eigenvalue weighted by atomic mass is 19.1. The van der Waals surface area contributed by atoms with Crippen molar-refractivity contribution in [3.8, 4) is 0 Å². The van der Waals surface area contributed by atoms with Gasteiger partial charge in [0.1, 0.15) is 5.82 Å². The molecule has 0 spiro atoms. The number of hydrogen-bond acceptors (Lipinski definition) is 3. The second-order valence-corrected chi connectivity index (χ2v) is 5.86. The van der Waals surface area contributed by atoms with Gasteiger partial charge < -0.3 is 15.5 Å². The molecule has 1 aromatic rings. The lowest BCUT2D eigenvalue weighted by Gasteiger charge is -2.37. The maximum absolute atomic E-state index is 13.4.